The molecule has 8 heteroatoms. The average molecular weight is 436 g/mol. The summed E-state index contributed by atoms with van der Waals surface area (Å²) >= 11 is 0. The van der Waals surface area contributed by atoms with Gasteiger partial charge in [0.1, 0.15) is 18.0 Å². The van der Waals surface area contributed by atoms with Crippen LogP contribution in [0.2, 0.25) is 0 Å². The summed E-state index contributed by atoms with van der Waals surface area (Å²) < 4.78 is 31.7. The molecule has 0 aromatic carbocycles. The molecule has 2 aliphatic heterocycles. The van der Waals surface area contributed by atoms with E-state index in [1.165, 1.54) is 0 Å². The lowest BCUT2D eigenvalue weighted by molar-refractivity contribution is -0.253. The first kappa shape index (κ1) is 19.7. The van der Waals surface area contributed by atoms with Gasteiger partial charge >= 0.3 is 0 Å². The van der Waals surface area contributed by atoms with Gasteiger partial charge in [-0.05, 0) is 25.2 Å². The first-order valence-electron chi connectivity index (χ1n) is 11.7. The normalized spacial score (nSPS) is 64.9. The number of hydrogen-bond acceptors (Lipinski definition) is 7. The third-order valence-corrected chi connectivity index (χ3v) is 11.2. The molecule has 172 valence electrons. The molecule has 0 radical (unpaired) electrons. The number of nitrogens with one attached hydrogen (secondary N) is 1. The minimum atomic E-state index is -0.866. The second kappa shape index (κ2) is 5.65. The van der Waals surface area contributed by atoms with Crippen molar-refractivity contribution in [2.45, 2.75) is 74.3 Å². The molecular formula is C23H33NO7. The van der Waals surface area contributed by atoms with Crippen LogP contribution in [0.4, 0.5) is 0 Å². The Labute approximate surface area is 182 Å². The van der Waals surface area contributed by atoms with E-state index in [1.54, 1.807) is 21.3 Å². The van der Waals surface area contributed by atoms with Crippen LogP contribution in [0.1, 0.15) is 32.6 Å². The topological polar surface area (TPSA) is 95.5 Å². The highest BCUT2D eigenvalue weighted by Gasteiger charge is 2.93. The largest absolute Gasteiger partial charge is 0.392 e. The van der Waals surface area contributed by atoms with Crippen LogP contribution in [-0.2, 0) is 28.5 Å². The van der Waals surface area contributed by atoms with E-state index in [-0.39, 0.29) is 66.1 Å². The van der Waals surface area contributed by atoms with Crippen molar-refractivity contribution in [2.24, 2.45) is 34.5 Å². The molecule has 13 atom stereocenters. The minimum absolute atomic E-state index is 0.0343. The van der Waals surface area contributed by atoms with Crippen molar-refractivity contribution in [3.63, 3.8) is 0 Å². The highest BCUT2D eigenvalue weighted by Crippen LogP contribution is 2.81. The van der Waals surface area contributed by atoms with E-state index < -0.39 is 22.7 Å². The van der Waals surface area contributed by atoms with Gasteiger partial charge < -0.3 is 34.1 Å². The number of fused-ring (bicyclic) bond motifs is 1. The predicted octanol–water partition coefficient (Wildman–Crippen LogP) is 0.459. The van der Waals surface area contributed by atoms with E-state index in [0.29, 0.717) is 6.42 Å². The number of aliphatic hydroxyl groups excluding tert-OH is 1. The van der Waals surface area contributed by atoms with E-state index in [4.69, 9.17) is 23.7 Å². The molecule has 31 heavy (non-hydrogen) atoms. The van der Waals surface area contributed by atoms with Crippen LogP contribution in [0.3, 0.4) is 0 Å². The molecule has 5 saturated carbocycles. The molecule has 0 aromatic heterocycles. The number of amides is 1. The zero-order chi connectivity index (χ0) is 21.6. The fourth-order valence-corrected chi connectivity index (χ4v) is 10.5. The van der Waals surface area contributed by atoms with Gasteiger partial charge in [0.15, 0.2) is 0 Å². The maximum atomic E-state index is 13.6. The Kier molecular flexibility index (Phi) is 3.58. The van der Waals surface area contributed by atoms with Gasteiger partial charge in [0.2, 0.25) is 5.91 Å². The summed E-state index contributed by atoms with van der Waals surface area (Å²) in [6.45, 7) is 2.24. The van der Waals surface area contributed by atoms with E-state index in [2.05, 4.69) is 12.2 Å². The van der Waals surface area contributed by atoms with Gasteiger partial charge in [0.05, 0.1) is 35.9 Å². The lowest BCUT2D eigenvalue weighted by Gasteiger charge is -2.66. The van der Waals surface area contributed by atoms with Crippen molar-refractivity contribution in [3.8, 4) is 0 Å². The van der Waals surface area contributed by atoms with Crippen LogP contribution in [0.5, 0.6) is 0 Å². The second-order valence-corrected chi connectivity index (χ2v) is 11.3. The number of aliphatic hydroxyl groups is 1. The molecule has 2 N–H and O–H groups in total. The highest BCUT2D eigenvalue weighted by atomic mass is 16.7. The molecule has 7 fully saturated rings. The van der Waals surface area contributed by atoms with Gasteiger partial charge in [0, 0.05) is 50.9 Å². The zero-order valence-electron chi connectivity index (χ0n) is 18.6. The number of piperidine rings is 1. The van der Waals surface area contributed by atoms with Gasteiger partial charge in [-0.3, -0.25) is 4.79 Å². The second-order valence-electron chi connectivity index (χ2n) is 11.3. The Balaban J connectivity index is 1.57. The molecule has 5 aliphatic carbocycles. The minimum Gasteiger partial charge on any atom is -0.392 e. The molecule has 3 spiro atoms. The van der Waals surface area contributed by atoms with Gasteiger partial charge in [-0.25, -0.2) is 0 Å². The summed E-state index contributed by atoms with van der Waals surface area (Å²) in [5.41, 5.74) is -2.55. The van der Waals surface area contributed by atoms with Gasteiger partial charge in [-0.1, -0.05) is 6.92 Å². The molecule has 7 aliphatic rings. The maximum Gasteiger partial charge on any atom is 0.226 e. The number of rotatable bonds is 3. The van der Waals surface area contributed by atoms with Crippen molar-refractivity contribution in [2.75, 3.05) is 28.1 Å². The fraction of sp³-hybridized carbons (Fsp3) is 0.957. The van der Waals surface area contributed by atoms with Crippen LogP contribution >= 0.6 is 0 Å². The summed E-state index contributed by atoms with van der Waals surface area (Å²) in [5, 5.41) is 15.1. The number of carbonyl (C=O) groups excluding carboxylic acids is 1. The van der Waals surface area contributed by atoms with Crippen molar-refractivity contribution in [3.05, 3.63) is 0 Å². The monoisotopic (exact) mass is 435 g/mol. The third kappa shape index (κ3) is 1.63. The highest BCUT2D eigenvalue weighted by molar-refractivity contribution is 5.86. The lowest BCUT2D eigenvalue weighted by Crippen LogP contribution is -2.81. The zero-order valence-corrected chi connectivity index (χ0v) is 18.6. The molecule has 2 saturated heterocycles. The van der Waals surface area contributed by atoms with Crippen LogP contribution in [0, 0.1) is 34.5 Å². The molecule has 1 amide bonds. The summed E-state index contributed by atoms with van der Waals surface area (Å²) in [6.07, 6.45) is 2.07. The van der Waals surface area contributed by atoms with Crippen molar-refractivity contribution in [1.29, 1.82) is 0 Å². The Bertz CT molecular complexity index is 854. The van der Waals surface area contributed by atoms with Crippen LogP contribution < -0.4 is 5.32 Å². The number of carbonyl (C=O) groups is 1. The maximum absolute atomic E-state index is 13.6. The lowest BCUT2D eigenvalue weighted by atomic mass is 9.43. The van der Waals surface area contributed by atoms with Gasteiger partial charge in [0.25, 0.3) is 0 Å². The van der Waals surface area contributed by atoms with Crippen molar-refractivity contribution < 1.29 is 33.6 Å². The summed E-state index contributed by atoms with van der Waals surface area (Å²) in [5.74, 6) is 0.155. The molecule has 0 aromatic rings. The Morgan fingerprint density at radius 2 is 1.97 bits per heavy atom. The molecule has 7 bridgehead atoms. The first-order valence-corrected chi connectivity index (χ1v) is 11.7. The fourth-order valence-electron chi connectivity index (χ4n) is 10.5. The summed E-state index contributed by atoms with van der Waals surface area (Å²) in [4.78, 5) is 13.6. The Hall–Kier alpha value is -0.770. The molecular weight excluding hydrogens is 402 g/mol. The third-order valence-electron chi connectivity index (χ3n) is 11.2. The SMILES string of the molecule is COC1C2[C@@]34C5C[C@H]6C(O)C5[C@@]5(C[C@@H]6OC)OCO[C@]15C3NC(=O)[C@]2(C)CC[C@@H]4OC. The molecule has 2 heterocycles. The number of methoxy groups -OCH3 is 3. The number of ether oxygens (including phenoxy) is 5. The molecule has 8 nitrogen and oxygen atoms in total. The van der Waals surface area contributed by atoms with E-state index in [9.17, 15) is 9.90 Å². The number of hydrogen-bond donors (Lipinski definition) is 2. The van der Waals surface area contributed by atoms with Crippen LogP contribution in [-0.4, -0.2) is 80.8 Å². The average Bonchev–Trinajstić information content (AvgIpc) is 3.30. The molecule has 6 unspecified atom stereocenters. The Morgan fingerprint density at radius 1 is 1.16 bits per heavy atom. The van der Waals surface area contributed by atoms with Crippen molar-refractivity contribution >= 4 is 5.91 Å². The van der Waals surface area contributed by atoms with Gasteiger partial charge in [-0.15, -0.1) is 0 Å². The van der Waals surface area contributed by atoms with Gasteiger partial charge in [-0.2, -0.15) is 0 Å². The quantitative estimate of drug-likeness (QED) is 0.665. The summed E-state index contributed by atoms with van der Waals surface area (Å²) in [6, 6.07) is -0.272. The first-order chi connectivity index (χ1) is 14.9. The predicted molar refractivity (Wildman–Crippen MR) is 106 cm³/mol. The molecule has 7 rings (SSSR count). The van der Waals surface area contributed by atoms with E-state index in [1.807, 2.05) is 0 Å². The van der Waals surface area contributed by atoms with Crippen LogP contribution in [0.15, 0.2) is 0 Å². The Morgan fingerprint density at radius 3 is 2.68 bits per heavy atom. The van der Waals surface area contributed by atoms with Crippen LogP contribution in [0.25, 0.3) is 0 Å². The van der Waals surface area contributed by atoms with E-state index in [0.717, 1.165) is 19.3 Å². The van der Waals surface area contributed by atoms with Crippen molar-refractivity contribution in [1.82, 2.24) is 5.32 Å². The van der Waals surface area contributed by atoms with E-state index >= 15 is 0 Å². The standard InChI is InChI=1S/C23H33NO7/c1-20-6-5-13(28-3)22-11-7-10-12(27-2)8-21(14(11)15(10)25)23(31-9-30-21,17(29-4)16(20)22)18(22)24-19(20)26/h10-18,25H,5-9H2,1-4H3,(H,24,26)/t10-,11?,12+,13+,14?,15?,16?,17?,18?,20-,21-,22+,23+/m1/s1. The summed E-state index contributed by atoms with van der Waals surface area (Å²) in [7, 11) is 5.24. The smallest absolute Gasteiger partial charge is 0.226 e.